The number of rotatable bonds is 6. The maximum absolute atomic E-state index is 11.9. The summed E-state index contributed by atoms with van der Waals surface area (Å²) in [6, 6.07) is 2.97. The summed E-state index contributed by atoms with van der Waals surface area (Å²) in [5.41, 5.74) is 6.43. The number of hydrogen-bond acceptors (Lipinski definition) is 4. The average molecular weight is 251 g/mol. The summed E-state index contributed by atoms with van der Waals surface area (Å²) in [4.78, 5) is 16.0. The van der Waals surface area contributed by atoms with Gasteiger partial charge in [-0.15, -0.1) is 0 Å². The lowest BCUT2D eigenvalue weighted by Gasteiger charge is -2.18. The number of nitrogens with two attached hydrogens (primary N) is 1. The molecule has 2 atom stereocenters. The number of ether oxygens (including phenoxy) is 1. The lowest BCUT2D eigenvalue weighted by atomic mass is 9.99. The van der Waals surface area contributed by atoms with Crippen LogP contribution in [0.2, 0.25) is 0 Å². The summed E-state index contributed by atoms with van der Waals surface area (Å²) in [5, 5.41) is 2.76. The minimum absolute atomic E-state index is 0.136. The van der Waals surface area contributed by atoms with Crippen LogP contribution in [0.1, 0.15) is 27.2 Å². The van der Waals surface area contributed by atoms with Gasteiger partial charge < -0.3 is 15.8 Å². The Bertz CT molecular complexity index is 396. The summed E-state index contributed by atoms with van der Waals surface area (Å²) in [6.07, 6.45) is 2.48. The fraction of sp³-hybridized carbons (Fsp3) is 0.538. The predicted octanol–water partition coefficient (Wildman–Crippen LogP) is 1.79. The lowest BCUT2D eigenvalue weighted by molar-refractivity contribution is -0.118. The summed E-state index contributed by atoms with van der Waals surface area (Å²) in [7, 11) is 0. The second kappa shape index (κ2) is 6.96. The quantitative estimate of drug-likeness (QED) is 0.808. The molecule has 1 aromatic rings. The Morgan fingerprint density at radius 2 is 2.28 bits per heavy atom. The molecular weight excluding hydrogens is 230 g/mol. The molecule has 18 heavy (non-hydrogen) atoms. The number of amides is 1. The van der Waals surface area contributed by atoms with Crippen molar-refractivity contribution >= 4 is 11.6 Å². The first-order valence-corrected chi connectivity index (χ1v) is 6.24. The van der Waals surface area contributed by atoms with Gasteiger partial charge in [0, 0.05) is 6.20 Å². The SMILES string of the molecule is CCOc1ncccc1NC(=O)[C@@H](N)C(C)CC. The number of pyridine rings is 1. The van der Waals surface area contributed by atoms with Crippen molar-refractivity contribution in [3.63, 3.8) is 0 Å². The van der Waals surface area contributed by atoms with Gasteiger partial charge in [-0.25, -0.2) is 4.98 Å². The van der Waals surface area contributed by atoms with E-state index in [9.17, 15) is 4.79 Å². The Labute approximate surface area is 108 Å². The standard InChI is InChI=1S/C13H21N3O2/c1-4-9(3)11(14)12(17)16-10-7-6-8-15-13(10)18-5-2/h6-9,11H,4-5,14H2,1-3H3,(H,16,17)/t9?,11-/m0/s1. The summed E-state index contributed by atoms with van der Waals surface area (Å²) in [5.74, 6) is 0.347. The van der Waals surface area contributed by atoms with E-state index in [1.165, 1.54) is 0 Å². The smallest absolute Gasteiger partial charge is 0.241 e. The van der Waals surface area contributed by atoms with Crippen LogP contribution in [0.15, 0.2) is 18.3 Å². The molecule has 0 spiro atoms. The topological polar surface area (TPSA) is 77.2 Å². The highest BCUT2D eigenvalue weighted by Crippen LogP contribution is 2.21. The fourth-order valence-corrected chi connectivity index (χ4v) is 1.47. The minimum atomic E-state index is -0.523. The van der Waals surface area contributed by atoms with Gasteiger partial charge in [0.25, 0.3) is 0 Å². The molecule has 1 rings (SSSR count). The number of carbonyl (C=O) groups is 1. The van der Waals surface area contributed by atoms with E-state index in [0.717, 1.165) is 6.42 Å². The molecule has 0 saturated heterocycles. The van der Waals surface area contributed by atoms with E-state index in [2.05, 4.69) is 10.3 Å². The zero-order valence-electron chi connectivity index (χ0n) is 11.1. The molecule has 3 N–H and O–H groups in total. The Hall–Kier alpha value is -1.62. The number of nitrogens with zero attached hydrogens (tertiary/aromatic N) is 1. The molecule has 1 aromatic heterocycles. The van der Waals surface area contributed by atoms with Crippen LogP contribution in [-0.2, 0) is 4.79 Å². The summed E-state index contributed by atoms with van der Waals surface area (Å²) in [6.45, 7) is 6.33. The first kappa shape index (κ1) is 14.4. The maximum atomic E-state index is 11.9. The van der Waals surface area contributed by atoms with Crippen LogP contribution in [-0.4, -0.2) is 23.5 Å². The van der Waals surface area contributed by atoms with Crippen LogP contribution in [0.5, 0.6) is 5.88 Å². The molecule has 100 valence electrons. The van der Waals surface area contributed by atoms with E-state index < -0.39 is 6.04 Å². The van der Waals surface area contributed by atoms with Crippen molar-refractivity contribution in [3.05, 3.63) is 18.3 Å². The second-order valence-corrected chi connectivity index (χ2v) is 4.19. The molecule has 5 heteroatoms. The zero-order valence-corrected chi connectivity index (χ0v) is 11.1. The van der Waals surface area contributed by atoms with E-state index in [1.807, 2.05) is 20.8 Å². The number of nitrogens with one attached hydrogen (secondary N) is 1. The molecule has 1 amide bonds. The molecule has 0 aliphatic rings. The minimum Gasteiger partial charge on any atom is -0.476 e. The van der Waals surface area contributed by atoms with Crippen LogP contribution in [0.25, 0.3) is 0 Å². The largest absolute Gasteiger partial charge is 0.476 e. The predicted molar refractivity (Wildman–Crippen MR) is 71.5 cm³/mol. The zero-order chi connectivity index (χ0) is 13.5. The van der Waals surface area contributed by atoms with Crippen molar-refractivity contribution < 1.29 is 9.53 Å². The maximum Gasteiger partial charge on any atom is 0.241 e. The Morgan fingerprint density at radius 3 is 2.89 bits per heavy atom. The van der Waals surface area contributed by atoms with Crippen LogP contribution < -0.4 is 15.8 Å². The van der Waals surface area contributed by atoms with E-state index in [4.69, 9.17) is 10.5 Å². The van der Waals surface area contributed by atoms with Gasteiger partial charge in [-0.1, -0.05) is 20.3 Å². The van der Waals surface area contributed by atoms with Crippen molar-refractivity contribution in [2.45, 2.75) is 33.2 Å². The van der Waals surface area contributed by atoms with Gasteiger partial charge in [-0.05, 0) is 25.0 Å². The third-order valence-electron chi connectivity index (χ3n) is 2.87. The number of aromatic nitrogens is 1. The average Bonchev–Trinajstić information content (AvgIpc) is 2.39. The third-order valence-corrected chi connectivity index (χ3v) is 2.87. The third kappa shape index (κ3) is 3.70. The number of carbonyl (C=O) groups excluding carboxylic acids is 1. The van der Waals surface area contributed by atoms with Gasteiger partial charge in [0.1, 0.15) is 5.69 Å². The molecule has 0 aromatic carbocycles. The first-order valence-electron chi connectivity index (χ1n) is 6.24. The molecule has 0 fully saturated rings. The molecule has 0 aliphatic heterocycles. The molecule has 0 saturated carbocycles. The van der Waals surface area contributed by atoms with E-state index in [1.54, 1.807) is 18.3 Å². The van der Waals surface area contributed by atoms with Gasteiger partial charge in [-0.2, -0.15) is 0 Å². The van der Waals surface area contributed by atoms with Crippen molar-refractivity contribution in [1.82, 2.24) is 4.98 Å². The van der Waals surface area contributed by atoms with Crippen LogP contribution in [0.3, 0.4) is 0 Å². The first-order chi connectivity index (χ1) is 8.60. The highest BCUT2D eigenvalue weighted by Gasteiger charge is 2.20. The molecule has 0 aliphatic carbocycles. The molecule has 1 heterocycles. The van der Waals surface area contributed by atoms with E-state index >= 15 is 0 Å². The van der Waals surface area contributed by atoms with Gasteiger partial charge in [-0.3, -0.25) is 4.79 Å². The highest BCUT2D eigenvalue weighted by atomic mass is 16.5. The lowest BCUT2D eigenvalue weighted by Crippen LogP contribution is -2.40. The van der Waals surface area contributed by atoms with Crippen molar-refractivity contribution in [3.8, 4) is 5.88 Å². The second-order valence-electron chi connectivity index (χ2n) is 4.19. The van der Waals surface area contributed by atoms with Gasteiger partial charge in [0.2, 0.25) is 11.8 Å². The highest BCUT2D eigenvalue weighted by molar-refractivity contribution is 5.95. The Morgan fingerprint density at radius 1 is 1.56 bits per heavy atom. The Balaban J connectivity index is 2.75. The molecule has 5 nitrogen and oxygen atoms in total. The Kier molecular flexibility index (Phi) is 5.58. The van der Waals surface area contributed by atoms with E-state index in [-0.39, 0.29) is 11.8 Å². The monoisotopic (exact) mass is 251 g/mol. The summed E-state index contributed by atoms with van der Waals surface area (Å²) < 4.78 is 5.34. The normalized spacial score (nSPS) is 13.8. The van der Waals surface area contributed by atoms with Crippen LogP contribution >= 0.6 is 0 Å². The fourth-order valence-electron chi connectivity index (χ4n) is 1.47. The number of hydrogen-bond donors (Lipinski definition) is 2. The van der Waals surface area contributed by atoms with Crippen LogP contribution in [0.4, 0.5) is 5.69 Å². The molecule has 0 radical (unpaired) electrons. The van der Waals surface area contributed by atoms with Gasteiger partial charge in [0.05, 0.1) is 12.6 Å². The summed E-state index contributed by atoms with van der Waals surface area (Å²) >= 11 is 0. The van der Waals surface area contributed by atoms with E-state index in [0.29, 0.717) is 18.2 Å². The van der Waals surface area contributed by atoms with Crippen molar-refractivity contribution in [2.75, 3.05) is 11.9 Å². The van der Waals surface area contributed by atoms with Gasteiger partial charge in [0.15, 0.2) is 0 Å². The van der Waals surface area contributed by atoms with Crippen molar-refractivity contribution in [2.24, 2.45) is 11.7 Å². The van der Waals surface area contributed by atoms with Crippen molar-refractivity contribution in [1.29, 1.82) is 0 Å². The molecule has 0 bridgehead atoms. The molecule has 1 unspecified atom stereocenters. The molecular formula is C13H21N3O2. The van der Waals surface area contributed by atoms with Crippen LogP contribution in [0, 0.1) is 5.92 Å². The van der Waals surface area contributed by atoms with Gasteiger partial charge >= 0.3 is 0 Å². The number of anilines is 1.